The lowest BCUT2D eigenvalue weighted by Crippen LogP contribution is -2.07. The molecular formula is C116H89F12N21. The molecule has 0 radical (unpaired) electrons. The van der Waals surface area contributed by atoms with Crippen LogP contribution in [0.5, 0.6) is 0 Å². The Morgan fingerprint density at radius 2 is 0.470 bits per heavy atom. The van der Waals surface area contributed by atoms with E-state index in [0.717, 1.165) is 113 Å². The van der Waals surface area contributed by atoms with Crippen molar-refractivity contribution in [3.8, 4) is 130 Å². The van der Waals surface area contributed by atoms with E-state index in [4.69, 9.17) is 29.9 Å². The molecule has 0 saturated carbocycles. The van der Waals surface area contributed by atoms with Gasteiger partial charge < -0.3 is 13.7 Å². The third-order valence-electron chi connectivity index (χ3n) is 25.6. The van der Waals surface area contributed by atoms with Gasteiger partial charge in [-0.05, 0) is 324 Å². The summed E-state index contributed by atoms with van der Waals surface area (Å²) in [6.45, 7) is 28.3. The molecule has 9 aromatic heterocycles. The fraction of sp³-hybridized carbons (Fsp3) is 0.172. The van der Waals surface area contributed by atoms with Crippen molar-refractivity contribution < 1.29 is 52.7 Å². The van der Waals surface area contributed by atoms with E-state index in [1.54, 1.807) is 104 Å². The lowest BCUT2D eigenvalue weighted by molar-refractivity contribution is -0.138. The van der Waals surface area contributed by atoms with Gasteiger partial charge in [-0.1, -0.05) is 103 Å². The Bertz CT molecular complexity index is 8970. The normalized spacial score (nSPS) is 12.0. The fourth-order valence-corrected chi connectivity index (χ4v) is 19.6. The van der Waals surface area contributed by atoms with E-state index in [-0.39, 0.29) is 5.56 Å². The first-order chi connectivity index (χ1) is 70.8. The second-order valence-corrected chi connectivity index (χ2v) is 36.9. The number of aryl methyl sites for hydroxylation is 16. The van der Waals surface area contributed by atoms with Crippen LogP contribution < -0.4 is 0 Å². The van der Waals surface area contributed by atoms with Crippen LogP contribution in [0.3, 0.4) is 0 Å². The highest BCUT2D eigenvalue weighted by molar-refractivity contribution is 6.14. The molecule has 149 heavy (non-hydrogen) atoms. The van der Waals surface area contributed by atoms with Crippen LogP contribution in [0.4, 0.5) is 52.7 Å². The molecule has 0 fully saturated rings. The summed E-state index contributed by atoms with van der Waals surface area (Å²) in [5, 5.41) is 5.18. The molecule has 0 aliphatic rings. The van der Waals surface area contributed by atoms with Gasteiger partial charge in [0.15, 0.2) is 34.9 Å². The van der Waals surface area contributed by atoms with Crippen LogP contribution in [0, 0.1) is 111 Å². The van der Waals surface area contributed by atoms with Gasteiger partial charge >= 0.3 is 24.7 Å². The SMILES string of the molecule is Cc1cc(-c2ccc3c(c2)c2cc(-c4cc(C)cc(C(F)(F)F)c4)ccc2n3-c2ccc(-c3nc(C)nc(C)n3)cc2-c2nc(C)nc(C)n2)cc(C(F)(F)F)c1.Cc1ccc(-c2ccc3c4ccccc4n(-c4ccc(-c5nc(C)nc(C)n5)cc4-c4nc(C)nc(C)n4)c3c2)c(C(F)(F)F)c1.Cc1nc(C)nc(-c2ccc(-n3c4ccccc4c4cc(-c5ccc(C(F)(F)F)cc5C)ccc43)c(-c3nc(C)nc(C)n3)c2)n1. The van der Waals surface area contributed by atoms with Crippen molar-refractivity contribution in [3.05, 3.63) is 363 Å². The average molecular weight is 2010 g/mol. The van der Waals surface area contributed by atoms with Gasteiger partial charge in [-0.15, -0.1) is 0 Å². The maximum atomic E-state index is 14.2. The standard InChI is InChI=1S/C44H33F6N7.2C36H28F3N7/c1-22-13-31(17-33(15-22)43(45,46)47)28-7-10-38-35(19-28)36-20-29(32-14-23(2)16-34(18-32)44(48,49)50)8-11-39(36)57(38)40-12-9-30(41-53-24(3)51-25(4)54-41)21-37(40)42-55-26(5)52-27(6)56-42;1-19-16-26(36(37,38)39)12-13-27(19)24-10-14-32-29(17-24)28-8-6-7-9-31(28)46(32)33-15-11-25(34-42-20(2)40-21(3)43-34)18-30(33)35-44-22(4)41-23(5)45-35;1-19-10-13-26(30(16-19)36(37,38)39)24-11-14-28-27-8-6-7-9-31(27)46(33(28)18-24)32-15-12-25(34-42-20(2)40-21(3)43-34)17-29(32)35-44-22(4)41-23(5)45-35/h7-21H,1-6H3;2*6-18H,1-5H3. The second kappa shape index (κ2) is 38.1. The second-order valence-electron chi connectivity index (χ2n) is 36.9. The Hall–Kier alpha value is -17.5. The van der Waals surface area contributed by atoms with Crippen LogP contribution in [-0.4, -0.2) is 103 Å². The molecule has 742 valence electrons. The van der Waals surface area contributed by atoms with Crippen LogP contribution in [-0.2, 0) is 24.7 Å². The number of halogens is 12. The molecule has 0 aliphatic carbocycles. The van der Waals surface area contributed by atoms with Crippen LogP contribution >= 0.6 is 0 Å². The number of fused-ring (bicyclic) bond motifs is 9. The van der Waals surface area contributed by atoms with Crippen LogP contribution in [0.2, 0.25) is 0 Å². The van der Waals surface area contributed by atoms with Crippen molar-refractivity contribution in [1.29, 1.82) is 0 Å². The topological polar surface area (TPSA) is 247 Å². The van der Waals surface area contributed by atoms with Gasteiger partial charge in [-0.2, -0.15) is 52.7 Å². The molecule has 33 heteroatoms. The summed E-state index contributed by atoms with van der Waals surface area (Å²) in [7, 11) is 0. The van der Waals surface area contributed by atoms with Gasteiger partial charge in [-0.25, -0.2) is 89.7 Å². The molecule has 0 unspecified atom stereocenters. The zero-order chi connectivity index (χ0) is 105. The number of alkyl halides is 12. The third kappa shape index (κ3) is 19.8. The number of nitrogens with zero attached hydrogens (tertiary/aromatic N) is 21. The first-order valence-electron chi connectivity index (χ1n) is 47.3. The summed E-state index contributed by atoms with van der Waals surface area (Å²) in [6, 6.07) is 72.1. The Labute approximate surface area is 845 Å². The molecule has 9 heterocycles. The van der Waals surface area contributed by atoms with E-state index in [2.05, 4.69) is 81.1 Å². The van der Waals surface area contributed by atoms with Gasteiger partial charge in [0.1, 0.15) is 69.9 Å². The maximum Gasteiger partial charge on any atom is 0.417 e. The Balaban J connectivity index is 0.000000136. The number of para-hydroxylation sites is 2. The predicted octanol–water partition coefficient (Wildman–Crippen LogP) is 29.1. The van der Waals surface area contributed by atoms with Gasteiger partial charge in [0.05, 0.1) is 72.4 Å². The maximum absolute atomic E-state index is 14.2. The van der Waals surface area contributed by atoms with E-state index >= 15 is 0 Å². The van der Waals surface area contributed by atoms with Crippen molar-refractivity contribution in [2.24, 2.45) is 0 Å². The van der Waals surface area contributed by atoms with E-state index in [1.807, 2.05) is 206 Å². The first kappa shape index (κ1) is 98.9. The molecule has 21 nitrogen and oxygen atoms in total. The van der Waals surface area contributed by atoms with E-state index in [9.17, 15) is 52.7 Å². The predicted molar refractivity (Wildman–Crippen MR) is 553 cm³/mol. The van der Waals surface area contributed by atoms with Crippen molar-refractivity contribution in [1.82, 2.24) is 103 Å². The van der Waals surface area contributed by atoms with Crippen molar-refractivity contribution in [2.45, 2.75) is 135 Å². The summed E-state index contributed by atoms with van der Waals surface area (Å²) < 4.78 is 173. The molecular weight excluding hydrogens is 1920 g/mol. The highest BCUT2D eigenvalue weighted by Crippen LogP contribution is 2.48. The quantitative estimate of drug-likeness (QED) is 0.0973. The lowest BCUT2D eigenvalue weighted by Gasteiger charge is -2.16. The molecule has 0 N–H and O–H groups in total. The molecule has 0 amide bonds. The Kier molecular flexibility index (Phi) is 25.3. The molecule has 13 aromatic carbocycles. The number of aromatic nitrogens is 21. The minimum atomic E-state index is -4.55. The molecule has 22 aromatic rings. The zero-order valence-corrected chi connectivity index (χ0v) is 83.1. The smallest absolute Gasteiger partial charge is 0.309 e. The van der Waals surface area contributed by atoms with Crippen molar-refractivity contribution >= 4 is 65.4 Å². The largest absolute Gasteiger partial charge is 0.417 e. The van der Waals surface area contributed by atoms with Crippen LogP contribution in [0.25, 0.3) is 195 Å². The van der Waals surface area contributed by atoms with E-state index < -0.39 is 47.0 Å². The van der Waals surface area contributed by atoms with E-state index in [1.165, 1.54) is 12.1 Å². The van der Waals surface area contributed by atoms with Crippen molar-refractivity contribution in [3.63, 3.8) is 0 Å². The molecule has 0 bridgehead atoms. The van der Waals surface area contributed by atoms with Gasteiger partial charge in [0.2, 0.25) is 0 Å². The molecule has 0 atom stereocenters. The summed E-state index contributed by atoms with van der Waals surface area (Å²) in [6.07, 6.45) is -18.0. The van der Waals surface area contributed by atoms with Gasteiger partial charge in [0.25, 0.3) is 0 Å². The number of benzene rings is 13. The average Bonchev–Trinajstić information content (AvgIpc) is 1.60. The summed E-state index contributed by atoms with van der Waals surface area (Å²) in [4.78, 5) is 81.9. The van der Waals surface area contributed by atoms with Crippen LogP contribution in [0.1, 0.15) is 114 Å². The molecule has 0 saturated heterocycles. The lowest BCUT2D eigenvalue weighted by atomic mass is 9.96. The van der Waals surface area contributed by atoms with Gasteiger partial charge in [-0.3, -0.25) is 0 Å². The minimum Gasteiger partial charge on any atom is -0.309 e. The third-order valence-corrected chi connectivity index (χ3v) is 25.6. The highest BCUT2D eigenvalue weighted by Gasteiger charge is 2.37. The minimum absolute atomic E-state index is 0.122. The van der Waals surface area contributed by atoms with Gasteiger partial charge in [0, 0.05) is 65.7 Å². The molecule has 0 spiro atoms. The zero-order valence-electron chi connectivity index (χ0n) is 83.1. The van der Waals surface area contributed by atoms with Crippen LogP contribution in [0.15, 0.2) is 249 Å². The highest BCUT2D eigenvalue weighted by atomic mass is 19.4. The fourth-order valence-electron chi connectivity index (χ4n) is 19.6. The summed E-state index contributed by atoms with van der Waals surface area (Å²) >= 11 is 0. The Morgan fingerprint density at radius 3 is 0.832 bits per heavy atom. The molecule has 0 aliphatic heterocycles. The first-order valence-corrected chi connectivity index (χ1v) is 47.3. The number of hydrogen-bond donors (Lipinski definition) is 0. The molecule has 22 rings (SSSR count). The number of hydrogen-bond acceptors (Lipinski definition) is 18. The summed E-state index contributed by atoms with van der Waals surface area (Å²) in [5.41, 5.74) is 14.6. The summed E-state index contributed by atoms with van der Waals surface area (Å²) in [5.74, 6) is 9.80. The van der Waals surface area contributed by atoms with Crippen molar-refractivity contribution in [2.75, 3.05) is 0 Å². The Morgan fingerprint density at radius 1 is 0.174 bits per heavy atom. The van der Waals surface area contributed by atoms with E-state index in [0.29, 0.717) is 199 Å². The number of rotatable bonds is 13. The monoisotopic (exact) mass is 2000 g/mol.